The fraction of sp³-hybridized carbons (Fsp3) is 0.423. The van der Waals surface area contributed by atoms with Crippen LogP contribution in [0.3, 0.4) is 0 Å². The van der Waals surface area contributed by atoms with Crippen LogP contribution in [0.2, 0.25) is 0 Å². The molecule has 0 unspecified atom stereocenters. The van der Waals surface area contributed by atoms with E-state index in [2.05, 4.69) is 17.1 Å². The lowest BCUT2D eigenvalue weighted by molar-refractivity contribution is 0.0204. The van der Waals surface area contributed by atoms with E-state index in [1.54, 1.807) is 4.90 Å². The molecule has 3 aromatic rings. The standard InChI is InChI=1S/C26H31N3O3/c1-18-8-10-21-16-19(9-11-23(21)27-18)17-31-24-7-5-6-22(28-24)20-12-14-29(15-13-20)25(30)32-26(2,3)4/h5-11,16,20H,12-15,17H2,1-4H3. The minimum atomic E-state index is -0.471. The summed E-state index contributed by atoms with van der Waals surface area (Å²) in [6.45, 7) is 9.48. The quantitative estimate of drug-likeness (QED) is 0.533. The molecule has 0 aliphatic carbocycles. The van der Waals surface area contributed by atoms with E-state index in [4.69, 9.17) is 14.5 Å². The number of nitrogens with zero attached hydrogens (tertiary/aromatic N) is 3. The highest BCUT2D eigenvalue weighted by atomic mass is 16.6. The Morgan fingerprint density at radius 3 is 2.59 bits per heavy atom. The van der Waals surface area contributed by atoms with Crippen molar-refractivity contribution in [2.45, 2.75) is 58.7 Å². The molecule has 0 saturated carbocycles. The van der Waals surface area contributed by atoms with E-state index in [0.717, 1.165) is 40.7 Å². The zero-order valence-corrected chi connectivity index (χ0v) is 19.3. The Morgan fingerprint density at radius 1 is 1.06 bits per heavy atom. The summed E-state index contributed by atoms with van der Waals surface area (Å²) in [4.78, 5) is 23.4. The van der Waals surface area contributed by atoms with E-state index in [1.807, 2.05) is 64.1 Å². The third kappa shape index (κ3) is 5.55. The number of hydrogen-bond donors (Lipinski definition) is 0. The third-order valence-corrected chi connectivity index (χ3v) is 5.59. The lowest BCUT2D eigenvalue weighted by Crippen LogP contribution is -2.41. The molecule has 1 fully saturated rings. The molecule has 0 N–H and O–H groups in total. The molecule has 0 atom stereocenters. The van der Waals surface area contributed by atoms with Crippen molar-refractivity contribution < 1.29 is 14.3 Å². The maximum atomic E-state index is 12.3. The molecule has 3 heterocycles. The predicted molar refractivity (Wildman–Crippen MR) is 125 cm³/mol. The summed E-state index contributed by atoms with van der Waals surface area (Å²) in [5.74, 6) is 0.936. The van der Waals surface area contributed by atoms with Gasteiger partial charge in [-0.25, -0.2) is 9.78 Å². The van der Waals surface area contributed by atoms with Gasteiger partial charge in [0.15, 0.2) is 0 Å². The predicted octanol–water partition coefficient (Wildman–Crippen LogP) is 5.63. The Hall–Kier alpha value is -3.15. The van der Waals surface area contributed by atoms with Gasteiger partial charge in [0.1, 0.15) is 12.2 Å². The molecule has 1 aliphatic rings. The highest BCUT2D eigenvalue weighted by Gasteiger charge is 2.28. The molecular weight excluding hydrogens is 402 g/mol. The average Bonchev–Trinajstić information content (AvgIpc) is 2.77. The minimum Gasteiger partial charge on any atom is -0.473 e. The van der Waals surface area contributed by atoms with Gasteiger partial charge in [-0.1, -0.05) is 18.2 Å². The van der Waals surface area contributed by atoms with Crippen LogP contribution in [0.4, 0.5) is 4.79 Å². The fourth-order valence-electron chi connectivity index (χ4n) is 3.95. The van der Waals surface area contributed by atoms with Crippen molar-refractivity contribution in [1.29, 1.82) is 0 Å². The number of fused-ring (bicyclic) bond motifs is 1. The molecule has 1 aliphatic heterocycles. The van der Waals surface area contributed by atoms with Crippen molar-refractivity contribution in [2.24, 2.45) is 0 Å². The van der Waals surface area contributed by atoms with Gasteiger partial charge in [0.25, 0.3) is 0 Å². The summed E-state index contributed by atoms with van der Waals surface area (Å²) in [6.07, 6.45) is 1.50. The van der Waals surface area contributed by atoms with Gasteiger partial charge in [-0.3, -0.25) is 4.98 Å². The van der Waals surface area contributed by atoms with Crippen molar-refractivity contribution in [3.8, 4) is 5.88 Å². The Balaban J connectivity index is 1.35. The molecular formula is C26H31N3O3. The smallest absolute Gasteiger partial charge is 0.410 e. The highest BCUT2D eigenvalue weighted by Crippen LogP contribution is 2.29. The van der Waals surface area contributed by atoms with Crippen LogP contribution in [-0.2, 0) is 11.3 Å². The summed E-state index contributed by atoms with van der Waals surface area (Å²) >= 11 is 0. The van der Waals surface area contributed by atoms with Crippen molar-refractivity contribution >= 4 is 17.0 Å². The molecule has 32 heavy (non-hydrogen) atoms. The van der Waals surface area contributed by atoms with E-state index < -0.39 is 5.60 Å². The first-order chi connectivity index (χ1) is 15.3. The molecule has 0 spiro atoms. The number of rotatable bonds is 4. The van der Waals surface area contributed by atoms with E-state index in [9.17, 15) is 4.79 Å². The minimum absolute atomic E-state index is 0.235. The topological polar surface area (TPSA) is 64.5 Å². The zero-order chi connectivity index (χ0) is 22.7. The van der Waals surface area contributed by atoms with Crippen LogP contribution in [0.15, 0.2) is 48.5 Å². The van der Waals surface area contributed by atoms with Crippen molar-refractivity contribution in [2.75, 3.05) is 13.1 Å². The number of hydrogen-bond acceptors (Lipinski definition) is 5. The third-order valence-electron chi connectivity index (χ3n) is 5.59. The Morgan fingerprint density at radius 2 is 1.84 bits per heavy atom. The summed E-state index contributed by atoms with van der Waals surface area (Å²) in [5, 5.41) is 1.11. The van der Waals surface area contributed by atoms with Gasteiger partial charge < -0.3 is 14.4 Å². The number of amides is 1. The van der Waals surface area contributed by atoms with Gasteiger partial charge in [-0.2, -0.15) is 0 Å². The van der Waals surface area contributed by atoms with Crippen LogP contribution in [0.25, 0.3) is 10.9 Å². The van der Waals surface area contributed by atoms with Crippen LogP contribution < -0.4 is 4.74 Å². The Labute approximate surface area is 189 Å². The second-order valence-electron chi connectivity index (χ2n) is 9.41. The fourth-order valence-corrected chi connectivity index (χ4v) is 3.95. The summed E-state index contributed by atoms with van der Waals surface area (Å²) in [6, 6.07) is 16.2. The molecule has 1 amide bonds. The van der Waals surface area contributed by atoms with Gasteiger partial charge in [0.05, 0.1) is 5.52 Å². The Kier molecular flexibility index (Phi) is 6.31. The maximum Gasteiger partial charge on any atom is 0.410 e. The number of aryl methyl sites for hydroxylation is 1. The largest absolute Gasteiger partial charge is 0.473 e. The molecule has 0 bridgehead atoms. The Bertz CT molecular complexity index is 1100. The number of aromatic nitrogens is 2. The molecule has 0 radical (unpaired) electrons. The number of benzene rings is 1. The molecule has 1 aromatic carbocycles. The molecule has 4 rings (SSSR count). The number of pyridine rings is 2. The molecule has 1 saturated heterocycles. The van der Waals surface area contributed by atoms with Gasteiger partial charge in [0.2, 0.25) is 5.88 Å². The number of ether oxygens (including phenoxy) is 2. The SMILES string of the molecule is Cc1ccc2cc(COc3cccc(C4CCN(C(=O)OC(C)(C)C)CC4)n3)ccc2n1. The second kappa shape index (κ2) is 9.15. The molecule has 168 valence electrons. The van der Waals surface area contributed by atoms with Gasteiger partial charge in [0, 0.05) is 41.8 Å². The van der Waals surface area contributed by atoms with Crippen LogP contribution in [0.5, 0.6) is 5.88 Å². The van der Waals surface area contributed by atoms with Gasteiger partial charge >= 0.3 is 6.09 Å². The lowest BCUT2D eigenvalue weighted by atomic mass is 9.93. The molecule has 6 nitrogen and oxygen atoms in total. The van der Waals surface area contributed by atoms with Gasteiger partial charge in [-0.05, 0) is 70.4 Å². The van der Waals surface area contributed by atoms with Crippen LogP contribution in [0.1, 0.15) is 56.5 Å². The molecule has 2 aromatic heterocycles. The first-order valence-corrected chi connectivity index (χ1v) is 11.2. The average molecular weight is 434 g/mol. The first-order valence-electron chi connectivity index (χ1n) is 11.2. The number of carbonyl (C=O) groups is 1. The summed E-state index contributed by atoms with van der Waals surface area (Å²) in [7, 11) is 0. The number of carbonyl (C=O) groups excluding carboxylic acids is 1. The van der Waals surface area contributed by atoms with Crippen LogP contribution in [0, 0.1) is 6.92 Å². The molecule has 6 heteroatoms. The summed E-state index contributed by atoms with van der Waals surface area (Å²) < 4.78 is 11.5. The van der Waals surface area contributed by atoms with Crippen molar-refractivity contribution in [1.82, 2.24) is 14.9 Å². The number of likely N-dealkylation sites (tertiary alicyclic amines) is 1. The van der Waals surface area contributed by atoms with Gasteiger partial charge in [-0.15, -0.1) is 0 Å². The van der Waals surface area contributed by atoms with E-state index in [0.29, 0.717) is 31.5 Å². The van der Waals surface area contributed by atoms with Crippen molar-refractivity contribution in [3.05, 3.63) is 65.5 Å². The van der Waals surface area contributed by atoms with Crippen LogP contribution in [-0.4, -0.2) is 39.7 Å². The van der Waals surface area contributed by atoms with E-state index >= 15 is 0 Å². The second-order valence-corrected chi connectivity index (χ2v) is 9.41. The normalized spacial score (nSPS) is 15.1. The highest BCUT2D eigenvalue weighted by molar-refractivity contribution is 5.79. The lowest BCUT2D eigenvalue weighted by Gasteiger charge is -2.33. The van der Waals surface area contributed by atoms with Crippen LogP contribution >= 0.6 is 0 Å². The van der Waals surface area contributed by atoms with E-state index in [1.165, 1.54) is 0 Å². The summed E-state index contributed by atoms with van der Waals surface area (Å²) in [5.41, 5.74) is 3.64. The maximum absolute atomic E-state index is 12.3. The van der Waals surface area contributed by atoms with Crippen molar-refractivity contribution in [3.63, 3.8) is 0 Å². The van der Waals surface area contributed by atoms with E-state index in [-0.39, 0.29) is 6.09 Å². The monoisotopic (exact) mass is 433 g/mol. The number of piperidine rings is 1. The first kappa shape index (κ1) is 22.1. The zero-order valence-electron chi connectivity index (χ0n) is 19.3.